The van der Waals surface area contributed by atoms with Gasteiger partial charge in [-0.05, 0) is 67.9 Å². The number of phenols is 3. The first kappa shape index (κ1) is 18.8. The zero-order valence-corrected chi connectivity index (χ0v) is 15.0. The van der Waals surface area contributed by atoms with Crippen LogP contribution in [0, 0.1) is 0 Å². The van der Waals surface area contributed by atoms with E-state index in [0.717, 1.165) is 19.6 Å². The Balaban J connectivity index is 1.64. The summed E-state index contributed by atoms with van der Waals surface area (Å²) in [4.78, 5) is 14.7. The number of rotatable bonds is 7. The van der Waals surface area contributed by atoms with Gasteiger partial charge in [-0.2, -0.15) is 0 Å². The summed E-state index contributed by atoms with van der Waals surface area (Å²) in [6.45, 7) is 3.57. The molecule has 0 unspecified atom stereocenters. The Kier molecular flexibility index (Phi) is 5.98. The Morgan fingerprint density at radius 2 is 1.74 bits per heavy atom. The molecule has 0 radical (unpaired) electrons. The SMILES string of the molecule is O=C(/C=C/c1ccc(O)c(O)c1)c1cc(OCCN2CCCC2)ccc1O. The van der Waals surface area contributed by atoms with Crippen LogP contribution in [0.2, 0.25) is 0 Å². The van der Waals surface area contributed by atoms with Gasteiger partial charge in [-0.1, -0.05) is 12.1 Å². The summed E-state index contributed by atoms with van der Waals surface area (Å²) in [5.74, 6) is -0.461. The predicted octanol–water partition coefficient (Wildman–Crippen LogP) is 3.17. The molecule has 27 heavy (non-hydrogen) atoms. The molecule has 3 N–H and O–H groups in total. The number of aromatic hydroxyl groups is 3. The van der Waals surface area contributed by atoms with E-state index >= 15 is 0 Å². The second-order valence-corrected chi connectivity index (χ2v) is 6.52. The van der Waals surface area contributed by atoms with Crippen molar-refractivity contribution in [1.29, 1.82) is 0 Å². The minimum absolute atomic E-state index is 0.120. The third-order valence-corrected chi connectivity index (χ3v) is 4.54. The summed E-state index contributed by atoms with van der Waals surface area (Å²) in [6.07, 6.45) is 5.25. The molecule has 0 aromatic heterocycles. The number of carbonyl (C=O) groups is 1. The average molecular weight is 369 g/mol. The Bertz CT molecular complexity index is 840. The molecule has 1 saturated heterocycles. The van der Waals surface area contributed by atoms with Crippen molar-refractivity contribution in [3.05, 3.63) is 53.6 Å². The lowest BCUT2D eigenvalue weighted by atomic mass is 10.1. The van der Waals surface area contributed by atoms with Crippen LogP contribution < -0.4 is 4.74 Å². The van der Waals surface area contributed by atoms with Crippen LogP contribution in [0.15, 0.2) is 42.5 Å². The monoisotopic (exact) mass is 369 g/mol. The molecular formula is C21H23NO5. The standard InChI is InChI=1S/C21H23NO5/c23-18(6-3-15-4-7-20(25)21(26)13-15)17-14-16(5-8-19(17)24)27-12-11-22-9-1-2-10-22/h3-8,13-14,24-26H,1-2,9-12H2/b6-3+. The van der Waals surface area contributed by atoms with Crippen molar-refractivity contribution in [3.8, 4) is 23.0 Å². The minimum Gasteiger partial charge on any atom is -0.507 e. The number of likely N-dealkylation sites (tertiary alicyclic amines) is 1. The zero-order chi connectivity index (χ0) is 19.2. The van der Waals surface area contributed by atoms with Crippen LogP contribution in [0.3, 0.4) is 0 Å². The maximum absolute atomic E-state index is 12.4. The molecule has 1 aliphatic heterocycles. The molecule has 0 bridgehead atoms. The van der Waals surface area contributed by atoms with Crippen LogP contribution in [-0.4, -0.2) is 52.2 Å². The zero-order valence-electron chi connectivity index (χ0n) is 15.0. The summed E-state index contributed by atoms with van der Waals surface area (Å²) in [7, 11) is 0. The van der Waals surface area contributed by atoms with Gasteiger partial charge in [0.25, 0.3) is 0 Å². The van der Waals surface area contributed by atoms with E-state index in [0.29, 0.717) is 17.9 Å². The Morgan fingerprint density at radius 1 is 1.00 bits per heavy atom. The van der Waals surface area contributed by atoms with E-state index in [4.69, 9.17) is 4.74 Å². The molecular weight excluding hydrogens is 346 g/mol. The van der Waals surface area contributed by atoms with Crippen molar-refractivity contribution in [2.75, 3.05) is 26.2 Å². The highest BCUT2D eigenvalue weighted by atomic mass is 16.5. The normalized spacial score (nSPS) is 14.7. The van der Waals surface area contributed by atoms with E-state index in [-0.39, 0.29) is 28.6 Å². The number of allylic oxidation sites excluding steroid dienone is 1. The summed E-state index contributed by atoms with van der Waals surface area (Å²) in [5.41, 5.74) is 0.698. The second-order valence-electron chi connectivity index (χ2n) is 6.52. The first-order valence-corrected chi connectivity index (χ1v) is 8.95. The Hall–Kier alpha value is -2.99. The van der Waals surface area contributed by atoms with Crippen molar-refractivity contribution >= 4 is 11.9 Å². The second kappa shape index (κ2) is 8.60. The van der Waals surface area contributed by atoms with Crippen molar-refractivity contribution < 1.29 is 24.9 Å². The third-order valence-electron chi connectivity index (χ3n) is 4.54. The lowest BCUT2D eigenvalue weighted by Gasteiger charge is -2.15. The summed E-state index contributed by atoms with van der Waals surface area (Å²) in [6, 6.07) is 8.86. The molecule has 2 aromatic carbocycles. The van der Waals surface area contributed by atoms with Gasteiger partial charge < -0.3 is 20.1 Å². The fourth-order valence-corrected chi connectivity index (χ4v) is 3.01. The molecule has 1 heterocycles. The molecule has 0 atom stereocenters. The minimum atomic E-state index is -0.384. The van der Waals surface area contributed by atoms with Gasteiger partial charge >= 0.3 is 0 Å². The van der Waals surface area contributed by atoms with Crippen LogP contribution in [-0.2, 0) is 0 Å². The highest BCUT2D eigenvalue weighted by molar-refractivity contribution is 6.08. The molecule has 6 nitrogen and oxygen atoms in total. The third kappa shape index (κ3) is 5.01. The first-order valence-electron chi connectivity index (χ1n) is 8.95. The number of carbonyl (C=O) groups excluding carboxylic acids is 1. The number of hydrogen-bond acceptors (Lipinski definition) is 6. The van der Waals surface area contributed by atoms with Gasteiger partial charge in [-0.15, -0.1) is 0 Å². The molecule has 1 fully saturated rings. The lowest BCUT2D eigenvalue weighted by Crippen LogP contribution is -2.25. The number of hydrogen-bond donors (Lipinski definition) is 3. The van der Waals surface area contributed by atoms with E-state index in [9.17, 15) is 20.1 Å². The average Bonchev–Trinajstić information content (AvgIpc) is 3.17. The van der Waals surface area contributed by atoms with Crippen molar-refractivity contribution in [2.45, 2.75) is 12.8 Å². The van der Waals surface area contributed by atoms with Crippen LogP contribution >= 0.6 is 0 Å². The Morgan fingerprint density at radius 3 is 2.48 bits per heavy atom. The molecule has 3 rings (SSSR count). The van der Waals surface area contributed by atoms with Gasteiger partial charge in [0.2, 0.25) is 0 Å². The van der Waals surface area contributed by atoms with Crippen LogP contribution in [0.1, 0.15) is 28.8 Å². The number of phenolic OH excluding ortho intramolecular Hbond substituents is 3. The van der Waals surface area contributed by atoms with Gasteiger partial charge in [-0.3, -0.25) is 9.69 Å². The maximum Gasteiger partial charge on any atom is 0.189 e. The summed E-state index contributed by atoms with van der Waals surface area (Å²) in [5, 5.41) is 28.8. The van der Waals surface area contributed by atoms with Crippen LogP contribution in [0.25, 0.3) is 6.08 Å². The van der Waals surface area contributed by atoms with Crippen molar-refractivity contribution in [3.63, 3.8) is 0 Å². The predicted molar refractivity (Wildman–Crippen MR) is 102 cm³/mol. The van der Waals surface area contributed by atoms with Crippen molar-refractivity contribution in [2.24, 2.45) is 0 Å². The quantitative estimate of drug-likeness (QED) is 0.395. The molecule has 0 aliphatic carbocycles. The number of ether oxygens (including phenoxy) is 1. The summed E-state index contributed by atoms with van der Waals surface area (Å²) < 4.78 is 5.72. The number of benzene rings is 2. The molecule has 1 aliphatic rings. The van der Waals surface area contributed by atoms with Gasteiger partial charge in [0.15, 0.2) is 17.3 Å². The molecule has 2 aromatic rings. The topological polar surface area (TPSA) is 90.2 Å². The highest BCUT2D eigenvalue weighted by Gasteiger charge is 2.13. The van der Waals surface area contributed by atoms with Crippen LogP contribution in [0.4, 0.5) is 0 Å². The van der Waals surface area contributed by atoms with E-state index in [2.05, 4.69) is 4.90 Å². The molecule has 0 saturated carbocycles. The Labute approximate surface area is 157 Å². The van der Waals surface area contributed by atoms with E-state index < -0.39 is 0 Å². The fourth-order valence-electron chi connectivity index (χ4n) is 3.01. The smallest absolute Gasteiger partial charge is 0.189 e. The highest BCUT2D eigenvalue weighted by Crippen LogP contribution is 2.27. The van der Waals surface area contributed by atoms with Gasteiger partial charge in [-0.25, -0.2) is 0 Å². The number of nitrogens with zero attached hydrogens (tertiary/aromatic N) is 1. The van der Waals surface area contributed by atoms with E-state index in [1.807, 2.05) is 0 Å². The first-order chi connectivity index (χ1) is 13.0. The van der Waals surface area contributed by atoms with Crippen molar-refractivity contribution in [1.82, 2.24) is 4.90 Å². The number of ketones is 1. The van der Waals surface area contributed by atoms with Gasteiger partial charge in [0, 0.05) is 6.54 Å². The van der Waals surface area contributed by atoms with Gasteiger partial charge in [0.05, 0.1) is 5.56 Å². The van der Waals surface area contributed by atoms with E-state index in [1.165, 1.54) is 49.3 Å². The lowest BCUT2D eigenvalue weighted by molar-refractivity contribution is 0.104. The fraction of sp³-hybridized carbons (Fsp3) is 0.286. The molecule has 6 heteroatoms. The largest absolute Gasteiger partial charge is 0.507 e. The molecule has 0 amide bonds. The van der Waals surface area contributed by atoms with E-state index in [1.54, 1.807) is 12.1 Å². The summed E-state index contributed by atoms with van der Waals surface area (Å²) >= 11 is 0. The van der Waals surface area contributed by atoms with Gasteiger partial charge in [0.1, 0.15) is 18.1 Å². The molecule has 142 valence electrons. The molecule has 0 spiro atoms. The maximum atomic E-state index is 12.4. The van der Waals surface area contributed by atoms with Crippen LogP contribution in [0.5, 0.6) is 23.0 Å².